The van der Waals surface area contributed by atoms with Gasteiger partial charge in [-0.1, -0.05) is 11.2 Å². The zero-order valence-electron chi connectivity index (χ0n) is 12.9. The second kappa shape index (κ2) is 5.51. The van der Waals surface area contributed by atoms with Crippen molar-refractivity contribution in [1.82, 2.24) is 19.9 Å². The standard InChI is InChI=1S/C16H17N5O2/c1-10-13(11(2)23-20-10)9-21-7-5-14(19-21)18-16-15(22-16)12-4-3-6-17-8-12/h3-8,15-16H,9H2,1-2H3,(H,18,19). The Hall–Kier alpha value is -2.67. The van der Waals surface area contributed by atoms with Gasteiger partial charge in [-0.05, 0) is 19.9 Å². The summed E-state index contributed by atoms with van der Waals surface area (Å²) in [4.78, 5) is 4.11. The van der Waals surface area contributed by atoms with Crippen LogP contribution < -0.4 is 5.32 Å². The van der Waals surface area contributed by atoms with E-state index in [2.05, 4.69) is 20.6 Å². The van der Waals surface area contributed by atoms with E-state index in [1.54, 1.807) is 6.20 Å². The van der Waals surface area contributed by atoms with Gasteiger partial charge in [0.15, 0.2) is 6.23 Å². The zero-order valence-corrected chi connectivity index (χ0v) is 12.9. The van der Waals surface area contributed by atoms with Gasteiger partial charge in [0.05, 0.1) is 12.2 Å². The molecule has 3 aromatic heterocycles. The third-order valence-electron chi connectivity index (χ3n) is 3.94. The lowest BCUT2D eigenvalue weighted by molar-refractivity contribution is 0.385. The van der Waals surface area contributed by atoms with Gasteiger partial charge in [-0.25, -0.2) is 0 Å². The number of pyridine rings is 1. The molecule has 7 heteroatoms. The van der Waals surface area contributed by atoms with Crippen LogP contribution in [0.4, 0.5) is 5.82 Å². The molecule has 1 fully saturated rings. The molecule has 0 aliphatic carbocycles. The van der Waals surface area contributed by atoms with Gasteiger partial charge >= 0.3 is 0 Å². The third-order valence-corrected chi connectivity index (χ3v) is 3.94. The first-order valence-electron chi connectivity index (χ1n) is 7.48. The summed E-state index contributed by atoms with van der Waals surface area (Å²) in [7, 11) is 0. The number of nitrogens with one attached hydrogen (secondary N) is 1. The van der Waals surface area contributed by atoms with Crippen LogP contribution in [0.5, 0.6) is 0 Å². The van der Waals surface area contributed by atoms with Gasteiger partial charge in [-0.2, -0.15) is 5.10 Å². The van der Waals surface area contributed by atoms with Gasteiger partial charge in [-0.3, -0.25) is 9.67 Å². The SMILES string of the molecule is Cc1noc(C)c1Cn1ccc(NC2OC2c2cccnc2)n1. The largest absolute Gasteiger partial charge is 0.361 e. The summed E-state index contributed by atoms with van der Waals surface area (Å²) < 4.78 is 12.7. The summed E-state index contributed by atoms with van der Waals surface area (Å²) in [6.07, 6.45) is 5.49. The van der Waals surface area contributed by atoms with Crippen molar-refractivity contribution in [3.05, 3.63) is 59.4 Å². The first kappa shape index (κ1) is 14.0. The molecule has 1 aliphatic heterocycles. The van der Waals surface area contributed by atoms with Crippen molar-refractivity contribution in [2.24, 2.45) is 0 Å². The average molecular weight is 311 g/mol. The fourth-order valence-corrected chi connectivity index (χ4v) is 2.58. The number of ether oxygens (including phenoxy) is 1. The molecule has 0 bridgehead atoms. The first-order valence-corrected chi connectivity index (χ1v) is 7.48. The summed E-state index contributed by atoms with van der Waals surface area (Å²) >= 11 is 0. The second-order valence-corrected chi connectivity index (χ2v) is 5.61. The second-order valence-electron chi connectivity index (χ2n) is 5.61. The molecule has 2 unspecified atom stereocenters. The maximum atomic E-state index is 5.63. The molecule has 2 atom stereocenters. The number of aromatic nitrogens is 4. The number of hydrogen-bond donors (Lipinski definition) is 1. The Morgan fingerprint density at radius 2 is 2.22 bits per heavy atom. The van der Waals surface area contributed by atoms with E-state index in [1.165, 1.54) is 0 Å². The minimum absolute atomic E-state index is 0.0383. The highest BCUT2D eigenvalue weighted by atomic mass is 16.6. The molecule has 118 valence electrons. The van der Waals surface area contributed by atoms with Crippen LogP contribution in [0.3, 0.4) is 0 Å². The molecule has 7 nitrogen and oxygen atoms in total. The first-order chi connectivity index (χ1) is 11.2. The molecule has 0 aromatic carbocycles. The highest BCUT2D eigenvalue weighted by Crippen LogP contribution is 2.38. The van der Waals surface area contributed by atoms with Crippen LogP contribution in [-0.4, -0.2) is 26.1 Å². The lowest BCUT2D eigenvalue weighted by atomic mass is 10.2. The number of nitrogens with zero attached hydrogens (tertiary/aromatic N) is 4. The van der Waals surface area contributed by atoms with E-state index >= 15 is 0 Å². The zero-order chi connectivity index (χ0) is 15.8. The molecular formula is C16H17N5O2. The van der Waals surface area contributed by atoms with Crippen molar-refractivity contribution < 1.29 is 9.26 Å². The Bertz CT molecular complexity index is 792. The molecule has 1 N–H and O–H groups in total. The summed E-state index contributed by atoms with van der Waals surface area (Å²) in [5.41, 5.74) is 3.03. The fourth-order valence-electron chi connectivity index (χ4n) is 2.58. The number of epoxide rings is 1. The van der Waals surface area contributed by atoms with E-state index in [1.807, 2.05) is 49.1 Å². The monoisotopic (exact) mass is 311 g/mol. The molecule has 4 heterocycles. The van der Waals surface area contributed by atoms with Gasteiger partial charge in [0.1, 0.15) is 17.7 Å². The highest BCUT2D eigenvalue weighted by Gasteiger charge is 2.40. The van der Waals surface area contributed by atoms with Crippen LogP contribution in [0.25, 0.3) is 0 Å². The van der Waals surface area contributed by atoms with Gasteiger partial charge in [-0.15, -0.1) is 0 Å². The third kappa shape index (κ3) is 2.83. The molecule has 0 radical (unpaired) electrons. The van der Waals surface area contributed by atoms with Crippen LogP contribution in [-0.2, 0) is 11.3 Å². The van der Waals surface area contributed by atoms with E-state index in [0.717, 1.165) is 28.4 Å². The molecule has 0 saturated carbocycles. The van der Waals surface area contributed by atoms with E-state index in [0.29, 0.717) is 6.54 Å². The van der Waals surface area contributed by atoms with Crippen molar-refractivity contribution in [3.63, 3.8) is 0 Å². The van der Waals surface area contributed by atoms with Crippen LogP contribution in [0.2, 0.25) is 0 Å². The number of hydrogen-bond acceptors (Lipinski definition) is 6. The molecule has 0 amide bonds. The molecule has 4 rings (SSSR count). The average Bonchev–Trinajstić information content (AvgIpc) is 3.08. The lowest BCUT2D eigenvalue weighted by Gasteiger charge is -2.01. The topological polar surface area (TPSA) is 81.3 Å². The van der Waals surface area contributed by atoms with Crippen LogP contribution in [0.1, 0.15) is 28.7 Å². The molecule has 23 heavy (non-hydrogen) atoms. The highest BCUT2D eigenvalue weighted by molar-refractivity contribution is 5.36. The van der Waals surface area contributed by atoms with E-state index < -0.39 is 0 Å². The lowest BCUT2D eigenvalue weighted by Crippen LogP contribution is -2.07. The Kier molecular flexibility index (Phi) is 3.34. The Labute approximate surface area is 133 Å². The van der Waals surface area contributed by atoms with Gasteiger partial charge in [0.2, 0.25) is 0 Å². The van der Waals surface area contributed by atoms with Crippen molar-refractivity contribution >= 4 is 5.82 Å². The molecule has 3 aromatic rings. The maximum Gasteiger partial charge on any atom is 0.160 e. The van der Waals surface area contributed by atoms with Gasteiger partial charge in [0, 0.05) is 35.8 Å². The number of anilines is 1. The Morgan fingerprint density at radius 3 is 2.96 bits per heavy atom. The fraction of sp³-hybridized carbons (Fsp3) is 0.312. The number of rotatable bonds is 5. The van der Waals surface area contributed by atoms with E-state index in [4.69, 9.17) is 9.26 Å². The molecule has 1 aliphatic rings. The predicted molar refractivity (Wildman–Crippen MR) is 82.8 cm³/mol. The smallest absolute Gasteiger partial charge is 0.160 e. The molecular weight excluding hydrogens is 294 g/mol. The maximum absolute atomic E-state index is 5.63. The van der Waals surface area contributed by atoms with Crippen molar-refractivity contribution in [2.45, 2.75) is 32.7 Å². The van der Waals surface area contributed by atoms with Gasteiger partial charge < -0.3 is 14.6 Å². The van der Waals surface area contributed by atoms with Crippen LogP contribution >= 0.6 is 0 Å². The molecule has 0 spiro atoms. The normalized spacial score (nSPS) is 19.7. The van der Waals surface area contributed by atoms with E-state index in [9.17, 15) is 0 Å². The van der Waals surface area contributed by atoms with Crippen LogP contribution in [0.15, 0.2) is 41.3 Å². The Balaban J connectivity index is 1.40. The molecule has 1 saturated heterocycles. The van der Waals surface area contributed by atoms with Crippen molar-refractivity contribution in [2.75, 3.05) is 5.32 Å². The quantitative estimate of drug-likeness (QED) is 0.729. The Morgan fingerprint density at radius 1 is 1.30 bits per heavy atom. The van der Waals surface area contributed by atoms with Gasteiger partial charge in [0.25, 0.3) is 0 Å². The minimum atomic E-state index is -0.0541. The summed E-state index contributed by atoms with van der Waals surface area (Å²) in [6.45, 7) is 4.49. The van der Waals surface area contributed by atoms with Crippen molar-refractivity contribution in [1.29, 1.82) is 0 Å². The van der Waals surface area contributed by atoms with E-state index in [-0.39, 0.29) is 12.3 Å². The number of aryl methyl sites for hydroxylation is 2. The summed E-state index contributed by atoms with van der Waals surface area (Å²) in [5.74, 6) is 1.61. The summed E-state index contributed by atoms with van der Waals surface area (Å²) in [6, 6.07) is 5.85. The minimum Gasteiger partial charge on any atom is -0.361 e. The predicted octanol–water partition coefficient (Wildman–Crippen LogP) is 2.44. The van der Waals surface area contributed by atoms with Crippen LogP contribution in [0, 0.1) is 13.8 Å². The summed E-state index contributed by atoms with van der Waals surface area (Å²) in [5, 5.41) is 11.8. The van der Waals surface area contributed by atoms with Crippen molar-refractivity contribution in [3.8, 4) is 0 Å².